The van der Waals surface area contributed by atoms with Gasteiger partial charge in [-0.15, -0.1) is 0 Å². The Morgan fingerprint density at radius 3 is 2.19 bits per heavy atom. The molecule has 0 saturated heterocycles. The maximum atomic E-state index is 13.0. The van der Waals surface area contributed by atoms with Gasteiger partial charge in [0.2, 0.25) is 11.8 Å². The Morgan fingerprint density at radius 2 is 1.53 bits per heavy atom. The van der Waals surface area contributed by atoms with Gasteiger partial charge < -0.3 is 22.1 Å². The van der Waals surface area contributed by atoms with E-state index in [1.807, 2.05) is 54.6 Å². The van der Waals surface area contributed by atoms with Crippen molar-refractivity contribution in [1.29, 1.82) is 0 Å². The largest absolute Gasteiger partial charge is 0.350 e. The summed E-state index contributed by atoms with van der Waals surface area (Å²) in [5, 5.41) is 5.87. The van der Waals surface area contributed by atoms with Crippen LogP contribution >= 0.6 is 0 Å². The van der Waals surface area contributed by atoms with E-state index in [9.17, 15) is 9.59 Å². The van der Waals surface area contributed by atoms with Crippen LogP contribution in [0.1, 0.15) is 55.2 Å². The number of carbonyl (C=O) groups is 2. The van der Waals surface area contributed by atoms with Gasteiger partial charge in [-0.05, 0) is 29.0 Å². The fraction of sp³-hybridized carbons (Fsp3) is 0.462. The van der Waals surface area contributed by atoms with Crippen LogP contribution in [0.4, 0.5) is 0 Å². The molecular weight excluding hydrogens is 400 g/mol. The van der Waals surface area contributed by atoms with Crippen molar-refractivity contribution < 1.29 is 9.59 Å². The van der Waals surface area contributed by atoms with Crippen LogP contribution in [0.5, 0.6) is 0 Å². The van der Waals surface area contributed by atoms with Crippen molar-refractivity contribution in [3.63, 3.8) is 0 Å². The molecule has 6 nitrogen and oxygen atoms in total. The molecule has 6 N–H and O–H groups in total. The Morgan fingerprint density at radius 1 is 0.875 bits per heavy atom. The standard InChI is InChI=1S/C26H36N4O2/c27-17-21-11-13-22(14-12-21)18-29-26(32)24(16-20-9-5-2-6-10-20)30-25(31)23(28)15-19-7-3-1-4-8-19/h2,5-6,9-14,19,23-24H,1,3-4,7-8,15-18,27-28H2,(H,29,32)(H,30,31)/t23?,24-/m0/s1. The van der Waals surface area contributed by atoms with E-state index in [2.05, 4.69) is 10.6 Å². The molecule has 1 fully saturated rings. The van der Waals surface area contributed by atoms with Crippen LogP contribution in [0, 0.1) is 5.92 Å². The minimum absolute atomic E-state index is 0.213. The molecule has 1 unspecified atom stereocenters. The highest BCUT2D eigenvalue weighted by Crippen LogP contribution is 2.27. The van der Waals surface area contributed by atoms with Crippen LogP contribution in [0.25, 0.3) is 0 Å². The van der Waals surface area contributed by atoms with Gasteiger partial charge in [-0.25, -0.2) is 0 Å². The fourth-order valence-electron chi connectivity index (χ4n) is 4.33. The van der Waals surface area contributed by atoms with E-state index < -0.39 is 12.1 Å². The Kier molecular flexibility index (Phi) is 9.26. The Hall–Kier alpha value is -2.70. The second-order valence-corrected chi connectivity index (χ2v) is 8.84. The van der Waals surface area contributed by atoms with Crippen molar-refractivity contribution in [3.05, 3.63) is 71.3 Å². The van der Waals surface area contributed by atoms with Crippen LogP contribution in [0.2, 0.25) is 0 Å². The van der Waals surface area contributed by atoms with Gasteiger partial charge in [-0.2, -0.15) is 0 Å². The summed E-state index contributed by atoms with van der Waals surface area (Å²) in [6.07, 6.45) is 7.07. The first-order valence-corrected chi connectivity index (χ1v) is 11.7. The molecule has 0 aliphatic heterocycles. The highest BCUT2D eigenvalue weighted by molar-refractivity contribution is 5.89. The average molecular weight is 437 g/mol. The first-order chi connectivity index (χ1) is 15.5. The highest BCUT2D eigenvalue weighted by Gasteiger charge is 2.26. The average Bonchev–Trinajstić information content (AvgIpc) is 2.83. The van der Waals surface area contributed by atoms with Crippen LogP contribution < -0.4 is 22.1 Å². The van der Waals surface area contributed by atoms with E-state index in [4.69, 9.17) is 11.5 Å². The molecule has 32 heavy (non-hydrogen) atoms. The van der Waals surface area contributed by atoms with Crippen LogP contribution in [-0.4, -0.2) is 23.9 Å². The molecule has 0 bridgehead atoms. The lowest BCUT2D eigenvalue weighted by Crippen LogP contribution is -2.52. The van der Waals surface area contributed by atoms with Crippen molar-refractivity contribution >= 4 is 11.8 Å². The molecule has 6 heteroatoms. The summed E-state index contributed by atoms with van der Waals surface area (Å²) in [4.78, 5) is 25.8. The SMILES string of the molecule is NCc1ccc(CNC(=O)[C@H](Cc2ccccc2)NC(=O)C(N)CC2CCCCC2)cc1. The summed E-state index contributed by atoms with van der Waals surface area (Å²) in [5.74, 6) is 0.0383. The maximum absolute atomic E-state index is 13.0. The molecule has 172 valence electrons. The molecule has 0 spiro atoms. The predicted octanol–water partition coefficient (Wildman–Crippen LogP) is 2.79. The summed E-state index contributed by atoms with van der Waals surface area (Å²) in [7, 11) is 0. The minimum atomic E-state index is -0.675. The first kappa shape index (κ1) is 24.0. The van der Waals surface area contributed by atoms with E-state index in [0.29, 0.717) is 31.8 Å². The summed E-state index contributed by atoms with van der Waals surface area (Å²) in [6.45, 7) is 0.873. The molecule has 2 aromatic rings. The predicted molar refractivity (Wildman–Crippen MR) is 127 cm³/mol. The Balaban J connectivity index is 1.60. The third-order valence-corrected chi connectivity index (χ3v) is 6.29. The topological polar surface area (TPSA) is 110 Å². The molecule has 1 aliphatic rings. The van der Waals surface area contributed by atoms with Crippen LogP contribution in [0.15, 0.2) is 54.6 Å². The van der Waals surface area contributed by atoms with Gasteiger partial charge in [0, 0.05) is 19.5 Å². The number of carbonyl (C=O) groups excluding carboxylic acids is 2. The zero-order chi connectivity index (χ0) is 22.8. The van der Waals surface area contributed by atoms with Gasteiger partial charge in [0.05, 0.1) is 6.04 Å². The molecule has 0 aromatic heterocycles. The zero-order valence-corrected chi connectivity index (χ0v) is 18.8. The normalized spacial score (nSPS) is 16.2. The highest BCUT2D eigenvalue weighted by atomic mass is 16.2. The molecule has 1 saturated carbocycles. The lowest BCUT2D eigenvalue weighted by molar-refractivity contribution is -0.129. The van der Waals surface area contributed by atoms with Crippen LogP contribution in [-0.2, 0) is 29.1 Å². The number of hydrogen-bond acceptors (Lipinski definition) is 4. The number of nitrogens with one attached hydrogen (secondary N) is 2. The van der Waals surface area contributed by atoms with Gasteiger partial charge in [0.15, 0.2) is 0 Å². The van der Waals surface area contributed by atoms with Crippen LogP contribution in [0.3, 0.4) is 0 Å². The number of nitrogens with two attached hydrogens (primary N) is 2. The van der Waals surface area contributed by atoms with Crippen molar-refractivity contribution in [1.82, 2.24) is 10.6 Å². The van der Waals surface area contributed by atoms with E-state index in [1.165, 1.54) is 19.3 Å². The van der Waals surface area contributed by atoms with E-state index >= 15 is 0 Å². The number of benzene rings is 2. The number of rotatable bonds is 10. The molecule has 3 rings (SSSR count). The maximum Gasteiger partial charge on any atom is 0.243 e. The number of amides is 2. The summed E-state index contributed by atoms with van der Waals surface area (Å²) >= 11 is 0. The van der Waals surface area contributed by atoms with E-state index in [1.54, 1.807) is 0 Å². The quantitative estimate of drug-likeness (QED) is 0.459. The van der Waals surface area contributed by atoms with Crippen molar-refractivity contribution in [2.45, 2.75) is 70.1 Å². The second-order valence-electron chi connectivity index (χ2n) is 8.84. The van der Waals surface area contributed by atoms with Crippen molar-refractivity contribution in [2.24, 2.45) is 17.4 Å². The molecule has 2 atom stereocenters. The lowest BCUT2D eigenvalue weighted by atomic mass is 9.85. The molecular formula is C26H36N4O2. The minimum Gasteiger partial charge on any atom is -0.350 e. The van der Waals surface area contributed by atoms with Gasteiger partial charge in [-0.1, -0.05) is 86.7 Å². The van der Waals surface area contributed by atoms with Gasteiger partial charge >= 0.3 is 0 Å². The number of hydrogen-bond donors (Lipinski definition) is 4. The zero-order valence-electron chi connectivity index (χ0n) is 18.8. The molecule has 2 amide bonds. The summed E-state index contributed by atoms with van der Waals surface area (Å²) < 4.78 is 0. The van der Waals surface area contributed by atoms with E-state index in [0.717, 1.165) is 29.5 Å². The van der Waals surface area contributed by atoms with E-state index in [-0.39, 0.29) is 11.8 Å². The second kappa shape index (κ2) is 12.4. The van der Waals surface area contributed by atoms with Gasteiger partial charge in [-0.3, -0.25) is 9.59 Å². The van der Waals surface area contributed by atoms with Gasteiger partial charge in [0.1, 0.15) is 6.04 Å². The fourth-order valence-corrected chi connectivity index (χ4v) is 4.33. The molecule has 2 aromatic carbocycles. The Labute approximate surface area is 191 Å². The Bertz CT molecular complexity index is 848. The van der Waals surface area contributed by atoms with Gasteiger partial charge in [0.25, 0.3) is 0 Å². The third-order valence-electron chi connectivity index (χ3n) is 6.29. The first-order valence-electron chi connectivity index (χ1n) is 11.7. The summed E-state index contributed by atoms with van der Waals surface area (Å²) in [6, 6.07) is 16.3. The molecule has 0 heterocycles. The summed E-state index contributed by atoms with van der Waals surface area (Å²) in [5.41, 5.74) is 14.9. The smallest absolute Gasteiger partial charge is 0.243 e. The van der Waals surface area contributed by atoms with Crippen molar-refractivity contribution in [2.75, 3.05) is 0 Å². The monoisotopic (exact) mass is 436 g/mol. The molecule has 0 radical (unpaired) electrons. The third kappa shape index (κ3) is 7.46. The van der Waals surface area contributed by atoms with Crippen molar-refractivity contribution in [3.8, 4) is 0 Å². The molecule has 1 aliphatic carbocycles. The lowest BCUT2D eigenvalue weighted by Gasteiger charge is -2.25.